The van der Waals surface area contributed by atoms with Gasteiger partial charge in [-0.2, -0.15) is 0 Å². The zero-order valence-electron chi connectivity index (χ0n) is 41.3. The number of carbonyl (C=O) groups excluding carboxylic acids is 3. The Kier molecular flexibility index (Phi) is 48.9. The van der Waals surface area contributed by atoms with Crippen LogP contribution in [0.25, 0.3) is 0 Å². The van der Waals surface area contributed by atoms with Gasteiger partial charge in [0.25, 0.3) is 0 Å². The SMILES string of the molecule is CC/C=C\C/C=C\C/C=C\C/C=C\CCCCCCCCC(=O)OCC(COC(=O)CCCCC/C=C\CCCCCCCC)OC(=O)CCCCC/C=C\CCCCCCCC. The Hall–Kier alpha value is -3.15. The van der Waals surface area contributed by atoms with Crippen molar-refractivity contribution in [3.63, 3.8) is 0 Å². The van der Waals surface area contributed by atoms with Gasteiger partial charge in [-0.15, -0.1) is 0 Å². The average Bonchev–Trinajstić information content (AvgIpc) is 3.28. The van der Waals surface area contributed by atoms with Crippen molar-refractivity contribution in [3.05, 3.63) is 72.9 Å². The minimum atomic E-state index is -0.794. The zero-order valence-corrected chi connectivity index (χ0v) is 41.3. The maximum Gasteiger partial charge on any atom is 0.306 e. The Bertz CT molecular complexity index is 1190. The Morgan fingerprint density at radius 1 is 0.333 bits per heavy atom. The van der Waals surface area contributed by atoms with E-state index in [1.807, 2.05) is 0 Å². The average molecular weight is 879 g/mol. The van der Waals surface area contributed by atoms with Gasteiger partial charge >= 0.3 is 17.9 Å². The first-order chi connectivity index (χ1) is 31.0. The third-order valence-electron chi connectivity index (χ3n) is 11.2. The fourth-order valence-corrected chi connectivity index (χ4v) is 7.19. The molecule has 0 aromatic rings. The van der Waals surface area contributed by atoms with Crippen LogP contribution in [-0.4, -0.2) is 37.2 Å². The molecule has 362 valence electrons. The van der Waals surface area contributed by atoms with Crippen molar-refractivity contribution in [2.24, 2.45) is 0 Å². The molecule has 63 heavy (non-hydrogen) atoms. The first-order valence-corrected chi connectivity index (χ1v) is 26.4. The number of allylic oxidation sites excluding steroid dienone is 12. The topological polar surface area (TPSA) is 78.9 Å². The van der Waals surface area contributed by atoms with E-state index in [4.69, 9.17) is 14.2 Å². The van der Waals surface area contributed by atoms with Crippen LogP contribution in [-0.2, 0) is 28.6 Å². The van der Waals surface area contributed by atoms with Crippen LogP contribution in [0.15, 0.2) is 72.9 Å². The van der Waals surface area contributed by atoms with E-state index in [9.17, 15) is 14.4 Å². The van der Waals surface area contributed by atoms with Crippen molar-refractivity contribution in [1.29, 1.82) is 0 Å². The van der Waals surface area contributed by atoms with E-state index in [-0.39, 0.29) is 31.1 Å². The van der Waals surface area contributed by atoms with Crippen molar-refractivity contribution in [1.82, 2.24) is 0 Å². The minimum Gasteiger partial charge on any atom is -0.462 e. The van der Waals surface area contributed by atoms with Gasteiger partial charge in [-0.3, -0.25) is 14.4 Å². The van der Waals surface area contributed by atoms with Crippen LogP contribution in [0, 0.1) is 0 Å². The molecule has 0 radical (unpaired) electrons. The van der Waals surface area contributed by atoms with Gasteiger partial charge in [-0.05, 0) is 109 Å². The smallest absolute Gasteiger partial charge is 0.306 e. The van der Waals surface area contributed by atoms with Crippen LogP contribution in [0.4, 0.5) is 0 Å². The van der Waals surface area contributed by atoms with E-state index in [0.29, 0.717) is 19.3 Å². The summed E-state index contributed by atoms with van der Waals surface area (Å²) in [5, 5.41) is 0. The molecule has 0 aliphatic carbocycles. The van der Waals surface area contributed by atoms with Gasteiger partial charge in [-0.25, -0.2) is 0 Å². The molecule has 0 saturated carbocycles. The number of hydrogen-bond acceptors (Lipinski definition) is 6. The molecule has 0 spiro atoms. The summed E-state index contributed by atoms with van der Waals surface area (Å²) in [7, 11) is 0. The summed E-state index contributed by atoms with van der Waals surface area (Å²) in [6, 6.07) is 0. The molecule has 0 aliphatic rings. The van der Waals surface area contributed by atoms with Crippen LogP contribution in [0.3, 0.4) is 0 Å². The molecule has 1 atom stereocenters. The van der Waals surface area contributed by atoms with E-state index in [0.717, 1.165) is 122 Å². The van der Waals surface area contributed by atoms with Crippen LogP contribution >= 0.6 is 0 Å². The molecule has 0 N–H and O–H groups in total. The van der Waals surface area contributed by atoms with Crippen LogP contribution in [0.2, 0.25) is 0 Å². The number of carbonyl (C=O) groups is 3. The van der Waals surface area contributed by atoms with Crippen LogP contribution in [0.1, 0.15) is 252 Å². The highest BCUT2D eigenvalue weighted by Gasteiger charge is 2.19. The molecule has 0 heterocycles. The number of esters is 3. The molecule has 6 heteroatoms. The van der Waals surface area contributed by atoms with Crippen molar-refractivity contribution in [3.8, 4) is 0 Å². The third kappa shape index (κ3) is 49.7. The standard InChI is InChI=1S/C57H98O6/c1-4-7-10-13-16-19-22-25-26-27-28-29-30-33-35-38-41-44-47-50-56(59)62-53-54(63-57(60)51-48-45-42-39-36-32-24-21-18-15-12-9-6-3)52-61-55(58)49-46-43-40-37-34-31-23-20-17-14-11-8-5-2/h7,10,16,19,25-26,28-29,31-32,34,36,54H,4-6,8-9,11-15,17-18,20-24,27,30,33,35,37-53H2,1-3H3/b10-7-,19-16-,26-25-,29-28-,34-31-,36-32-. The van der Waals surface area contributed by atoms with Crippen LogP contribution in [0.5, 0.6) is 0 Å². The molecule has 0 rings (SSSR count). The summed E-state index contributed by atoms with van der Waals surface area (Å²) in [4.78, 5) is 38.0. The van der Waals surface area contributed by atoms with Crippen molar-refractivity contribution < 1.29 is 28.6 Å². The number of unbranched alkanes of at least 4 members (excludes halogenated alkanes) is 24. The van der Waals surface area contributed by atoms with Gasteiger partial charge in [0.1, 0.15) is 13.2 Å². The lowest BCUT2D eigenvalue weighted by Crippen LogP contribution is -2.30. The lowest BCUT2D eigenvalue weighted by Gasteiger charge is -2.18. The first-order valence-electron chi connectivity index (χ1n) is 26.4. The fraction of sp³-hybridized carbons (Fsp3) is 0.737. The van der Waals surface area contributed by atoms with Gasteiger partial charge in [0.05, 0.1) is 0 Å². The van der Waals surface area contributed by atoms with Crippen LogP contribution < -0.4 is 0 Å². The minimum absolute atomic E-state index is 0.0936. The summed E-state index contributed by atoms with van der Waals surface area (Å²) in [6.07, 6.45) is 64.6. The normalized spacial score (nSPS) is 12.6. The highest BCUT2D eigenvalue weighted by Crippen LogP contribution is 2.13. The second-order valence-corrected chi connectivity index (χ2v) is 17.4. The van der Waals surface area contributed by atoms with E-state index in [1.165, 1.54) is 89.9 Å². The summed E-state index contributed by atoms with van der Waals surface area (Å²) in [6.45, 7) is 6.47. The van der Waals surface area contributed by atoms with Crippen molar-refractivity contribution in [2.75, 3.05) is 13.2 Å². The summed E-state index contributed by atoms with van der Waals surface area (Å²) >= 11 is 0. The molecular formula is C57H98O6. The Labute approximate surface area is 389 Å². The largest absolute Gasteiger partial charge is 0.462 e. The number of rotatable bonds is 47. The zero-order chi connectivity index (χ0) is 45.8. The second kappa shape index (κ2) is 51.5. The molecule has 0 amide bonds. The maximum absolute atomic E-state index is 12.8. The number of ether oxygens (including phenoxy) is 3. The Morgan fingerprint density at radius 2 is 0.619 bits per heavy atom. The van der Waals surface area contributed by atoms with E-state index >= 15 is 0 Å². The molecule has 0 saturated heterocycles. The highest BCUT2D eigenvalue weighted by molar-refractivity contribution is 5.71. The van der Waals surface area contributed by atoms with Gasteiger partial charge < -0.3 is 14.2 Å². The molecule has 1 unspecified atom stereocenters. The monoisotopic (exact) mass is 879 g/mol. The van der Waals surface area contributed by atoms with E-state index < -0.39 is 6.10 Å². The first kappa shape index (κ1) is 59.9. The summed E-state index contributed by atoms with van der Waals surface area (Å²) in [5.74, 6) is -0.937. The molecule has 0 aliphatic heterocycles. The van der Waals surface area contributed by atoms with Gasteiger partial charge in [0, 0.05) is 19.3 Å². The quantitative estimate of drug-likeness (QED) is 0.0262. The van der Waals surface area contributed by atoms with E-state index in [2.05, 4.69) is 93.7 Å². The summed E-state index contributed by atoms with van der Waals surface area (Å²) < 4.78 is 16.8. The lowest BCUT2D eigenvalue weighted by molar-refractivity contribution is -0.167. The molecule has 0 aromatic heterocycles. The Morgan fingerprint density at radius 3 is 1.00 bits per heavy atom. The number of hydrogen-bond donors (Lipinski definition) is 0. The van der Waals surface area contributed by atoms with Gasteiger partial charge in [-0.1, -0.05) is 196 Å². The predicted molar refractivity (Wildman–Crippen MR) is 270 cm³/mol. The molecule has 0 fully saturated rings. The van der Waals surface area contributed by atoms with Gasteiger partial charge in [0.2, 0.25) is 0 Å². The van der Waals surface area contributed by atoms with Crippen molar-refractivity contribution >= 4 is 17.9 Å². The summed E-state index contributed by atoms with van der Waals surface area (Å²) in [5.41, 5.74) is 0. The van der Waals surface area contributed by atoms with E-state index in [1.54, 1.807) is 0 Å². The van der Waals surface area contributed by atoms with Crippen molar-refractivity contribution in [2.45, 2.75) is 258 Å². The molecule has 0 aromatic carbocycles. The Balaban J connectivity index is 4.42. The molecular weight excluding hydrogens is 781 g/mol. The maximum atomic E-state index is 12.8. The lowest BCUT2D eigenvalue weighted by atomic mass is 10.1. The molecule has 0 bridgehead atoms. The third-order valence-corrected chi connectivity index (χ3v) is 11.2. The highest BCUT2D eigenvalue weighted by atomic mass is 16.6. The fourth-order valence-electron chi connectivity index (χ4n) is 7.19. The predicted octanol–water partition coefficient (Wildman–Crippen LogP) is 17.4. The van der Waals surface area contributed by atoms with Gasteiger partial charge in [0.15, 0.2) is 6.10 Å². The second-order valence-electron chi connectivity index (χ2n) is 17.4. The molecule has 6 nitrogen and oxygen atoms in total.